The SMILES string of the molecule is CC[C@@H]1NC(=O)[C@H]([C@H](O)[C@H](C)Cc2nc3cccc(C(=O)O)c3n2C)N(C)C(=O)[C@H](C(C)C)N(C)C(=O)[C@H](CC(C)C)N(C)C(=O)[C@H](CC(C)C)N(C)C(=O)[C@@H](C)NC(=O)[C@H](C)NC(=O)[C@H](CC(C)C)N(C)C(=O)[C@H](C(C)C)NC(=O)[C@H](CC(C)C)N(C)C(=O)CN(C)C1=O. The summed E-state index contributed by atoms with van der Waals surface area (Å²) in [6, 6.07) is -8.37. The van der Waals surface area contributed by atoms with Crippen LogP contribution in [0.3, 0.4) is 0 Å². The number of nitrogens with zero attached hydrogens (tertiary/aromatic N) is 9. The van der Waals surface area contributed by atoms with Gasteiger partial charge in [0.15, 0.2) is 0 Å². The number of aryl methyl sites for hydroxylation is 1. The number of carbonyl (C=O) groups is 12. The van der Waals surface area contributed by atoms with E-state index in [2.05, 4.69) is 26.3 Å². The van der Waals surface area contributed by atoms with Gasteiger partial charge in [-0.15, -0.1) is 0 Å². The Labute approximate surface area is 562 Å². The third kappa shape index (κ3) is 20.7. The predicted molar refractivity (Wildman–Crippen MR) is 360 cm³/mol. The van der Waals surface area contributed by atoms with E-state index in [1.165, 1.54) is 93.7 Å². The molecule has 2 aromatic rings. The van der Waals surface area contributed by atoms with Crippen molar-refractivity contribution in [1.82, 2.24) is 65.1 Å². The smallest absolute Gasteiger partial charge is 0.337 e. The number of nitrogens with one attached hydrogen (secondary N) is 4. The molecule has 0 spiro atoms. The zero-order valence-corrected chi connectivity index (χ0v) is 60.9. The second-order valence-electron chi connectivity index (χ2n) is 28.6. The molecule has 95 heavy (non-hydrogen) atoms. The van der Waals surface area contributed by atoms with Crippen LogP contribution >= 0.6 is 0 Å². The Morgan fingerprint density at radius 1 is 0.516 bits per heavy atom. The van der Waals surface area contributed by atoms with E-state index in [1.54, 1.807) is 65.3 Å². The van der Waals surface area contributed by atoms with Crippen LogP contribution in [0.15, 0.2) is 18.2 Å². The highest BCUT2D eigenvalue weighted by Gasteiger charge is 2.46. The summed E-state index contributed by atoms with van der Waals surface area (Å²) < 4.78 is 1.58. The number of aromatic nitrogens is 2. The van der Waals surface area contributed by atoms with Crippen molar-refractivity contribution in [2.75, 3.05) is 55.9 Å². The number of hydrogen-bond acceptors (Lipinski definition) is 14. The minimum Gasteiger partial charge on any atom is -0.478 e. The van der Waals surface area contributed by atoms with Gasteiger partial charge >= 0.3 is 5.97 Å². The van der Waals surface area contributed by atoms with Gasteiger partial charge < -0.3 is 70.3 Å². The lowest BCUT2D eigenvalue weighted by molar-refractivity contribution is -0.157. The quantitative estimate of drug-likeness (QED) is 0.141. The van der Waals surface area contributed by atoms with Gasteiger partial charge in [-0.3, -0.25) is 52.7 Å². The van der Waals surface area contributed by atoms with Crippen molar-refractivity contribution in [3.05, 3.63) is 29.6 Å². The van der Waals surface area contributed by atoms with Crippen molar-refractivity contribution in [1.29, 1.82) is 0 Å². The normalized spacial score (nSPS) is 25.3. The molecule has 27 nitrogen and oxygen atoms in total. The number of para-hydroxylation sites is 1. The highest BCUT2D eigenvalue weighted by atomic mass is 16.4. The molecular weight excluding hydrogens is 1220 g/mol. The van der Waals surface area contributed by atoms with Gasteiger partial charge in [-0.2, -0.15) is 0 Å². The lowest BCUT2D eigenvalue weighted by Crippen LogP contribution is -2.63. The van der Waals surface area contributed by atoms with Crippen LogP contribution in [0.25, 0.3) is 11.0 Å². The van der Waals surface area contributed by atoms with Gasteiger partial charge in [0.2, 0.25) is 65.0 Å². The average molecular weight is 1340 g/mol. The third-order valence-corrected chi connectivity index (χ3v) is 18.1. The van der Waals surface area contributed by atoms with Crippen LogP contribution in [-0.4, -0.2) is 247 Å². The van der Waals surface area contributed by atoms with E-state index >= 15 is 19.2 Å². The standard InChI is InChI=1S/C68H113N13O14/c1-25-45-63(89)74(17)34-52(82)75(18)47(29-35(2)3)60(86)73-53(39(10)11)66(92)76(19)48(30-36(4)5)59(85)69-42(15)58(84)70-43(16)62(88)77(20)49(31-37(6)7)64(90)78(21)50(32-38(8)9)65(91)80(23)54(40(12)13)67(93)81(24)56(61(87)72-45)57(83)41(14)33-51-71-46-28-26-27-44(68(94)95)55(46)79(51)22/h26-28,35-43,45,47-50,53-54,56-57,83H,25,29-34H2,1-24H3,(H,69,85)(H,70,84)(H,72,87)(H,73,86)(H,94,95)/t41-,42+,43-,45+,47+,48+,49+,50+,53+,54+,56+,57-/m1/s1. The summed E-state index contributed by atoms with van der Waals surface area (Å²) in [6.45, 7) is 27.1. The summed E-state index contributed by atoms with van der Waals surface area (Å²) in [6.07, 6.45) is -1.37. The van der Waals surface area contributed by atoms with Crippen LogP contribution < -0.4 is 21.3 Å². The molecule has 12 atom stereocenters. The maximum absolute atomic E-state index is 15.5. The Bertz CT molecular complexity index is 3070. The highest BCUT2D eigenvalue weighted by molar-refractivity contribution is 6.02. The van der Waals surface area contributed by atoms with Gasteiger partial charge in [-0.05, 0) is 99.5 Å². The van der Waals surface area contributed by atoms with E-state index in [1.807, 2.05) is 55.4 Å². The number of likely N-dealkylation sites (N-methyl/N-ethyl adjacent to an activating group) is 7. The molecule has 0 bridgehead atoms. The summed E-state index contributed by atoms with van der Waals surface area (Å²) in [5, 5.41) is 33.6. The molecule has 534 valence electrons. The lowest BCUT2D eigenvalue weighted by Gasteiger charge is -2.41. The number of amides is 11. The first-order valence-corrected chi connectivity index (χ1v) is 33.4. The maximum Gasteiger partial charge on any atom is 0.337 e. The van der Waals surface area contributed by atoms with E-state index in [0.29, 0.717) is 16.9 Å². The summed E-state index contributed by atoms with van der Waals surface area (Å²) >= 11 is 0. The Kier molecular flexibility index (Phi) is 30.3. The van der Waals surface area contributed by atoms with E-state index in [-0.39, 0.29) is 67.8 Å². The number of benzene rings is 1. The molecule has 27 heteroatoms. The molecule has 1 fully saturated rings. The number of rotatable bonds is 16. The second kappa shape index (κ2) is 35.3. The first-order chi connectivity index (χ1) is 43.9. The van der Waals surface area contributed by atoms with E-state index in [4.69, 9.17) is 0 Å². The number of carbonyl (C=O) groups excluding carboxylic acids is 11. The number of aromatic carboxylic acids is 1. The van der Waals surface area contributed by atoms with Crippen LogP contribution in [0.2, 0.25) is 0 Å². The molecule has 2 heterocycles. The van der Waals surface area contributed by atoms with Gasteiger partial charge in [0.05, 0.1) is 29.2 Å². The van der Waals surface area contributed by atoms with Gasteiger partial charge in [-0.1, -0.05) is 103 Å². The monoisotopic (exact) mass is 1340 g/mol. The number of hydrogen-bond donors (Lipinski definition) is 6. The molecule has 1 saturated heterocycles. The Morgan fingerprint density at radius 3 is 1.45 bits per heavy atom. The van der Waals surface area contributed by atoms with Crippen molar-refractivity contribution in [2.24, 2.45) is 48.5 Å². The third-order valence-electron chi connectivity index (χ3n) is 18.1. The summed E-state index contributed by atoms with van der Waals surface area (Å²) in [5.41, 5.74) is 0.649. The zero-order valence-electron chi connectivity index (χ0n) is 60.9. The molecule has 1 aliphatic heterocycles. The number of aliphatic hydroxyl groups is 1. The van der Waals surface area contributed by atoms with Gasteiger partial charge in [0.1, 0.15) is 66.2 Å². The zero-order chi connectivity index (χ0) is 72.9. The van der Waals surface area contributed by atoms with Crippen LogP contribution in [0, 0.1) is 41.4 Å². The molecule has 0 aliphatic carbocycles. The molecule has 0 saturated carbocycles. The minimum absolute atomic E-state index is 0.0195. The minimum atomic E-state index is -1.80. The molecule has 3 rings (SSSR count). The van der Waals surface area contributed by atoms with Crippen molar-refractivity contribution < 1.29 is 67.7 Å². The number of carboxylic acid groups (broad SMARTS) is 1. The summed E-state index contributed by atoms with van der Waals surface area (Å²) in [4.78, 5) is 187. The summed E-state index contributed by atoms with van der Waals surface area (Å²) in [7, 11) is 11.3. The number of fused-ring (bicyclic) bond motifs is 1. The molecule has 1 aromatic carbocycles. The highest BCUT2D eigenvalue weighted by Crippen LogP contribution is 2.28. The predicted octanol–water partition coefficient (Wildman–Crippen LogP) is 3.13. The van der Waals surface area contributed by atoms with E-state index in [0.717, 1.165) is 9.80 Å². The molecule has 6 N–H and O–H groups in total. The second-order valence-corrected chi connectivity index (χ2v) is 28.6. The van der Waals surface area contributed by atoms with Crippen LogP contribution in [0.4, 0.5) is 0 Å². The van der Waals surface area contributed by atoms with E-state index in [9.17, 15) is 48.6 Å². The molecule has 11 amide bonds. The maximum atomic E-state index is 15.5. The van der Waals surface area contributed by atoms with Crippen molar-refractivity contribution in [3.8, 4) is 0 Å². The fourth-order valence-electron chi connectivity index (χ4n) is 12.3. The first kappa shape index (κ1) is 81.5. The van der Waals surface area contributed by atoms with Gasteiger partial charge in [-0.25, -0.2) is 9.78 Å². The Morgan fingerprint density at radius 2 is 0.968 bits per heavy atom. The van der Waals surface area contributed by atoms with Crippen molar-refractivity contribution >= 4 is 82.0 Å². The fourth-order valence-corrected chi connectivity index (χ4v) is 12.3. The van der Waals surface area contributed by atoms with E-state index < -0.39 is 162 Å². The van der Waals surface area contributed by atoms with Crippen LogP contribution in [0.5, 0.6) is 0 Å². The Hall–Kier alpha value is -7.71. The Balaban J connectivity index is 2.35. The molecule has 1 aliphatic rings. The lowest BCUT2D eigenvalue weighted by atomic mass is 9.91. The van der Waals surface area contributed by atoms with Gasteiger partial charge in [0, 0.05) is 62.8 Å². The summed E-state index contributed by atoms with van der Waals surface area (Å²) in [5.74, 6) is -11.7. The molecule has 0 unspecified atom stereocenters. The van der Waals surface area contributed by atoms with Crippen molar-refractivity contribution in [3.63, 3.8) is 0 Å². The largest absolute Gasteiger partial charge is 0.478 e. The van der Waals surface area contributed by atoms with Gasteiger partial charge in [0.25, 0.3) is 0 Å². The number of carboxylic acids is 1. The van der Waals surface area contributed by atoms with Crippen molar-refractivity contribution in [2.45, 2.75) is 216 Å². The van der Waals surface area contributed by atoms with Crippen LogP contribution in [-0.2, 0) is 66.2 Å². The number of imidazole rings is 1. The number of aliphatic hydroxyl groups excluding tert-OH is 1. The van der Waals surface area contributed by atoms with Crippen LogP contribution in [0.1, 0.15) is 159 Å². The topological polar surface area (TPSA) is 334 Å². The molecule has 1 aromatic heterocycles. The molecule has 0 radical (unpaired) electrons. The molecular formula is C68H113N13O14. The first-order valence-electron chi connectivity index (χ1n) is 33.4. The average Bonchev–Trinajstić information content (AvgIpc) is 1.75. The fraction of sp³-hybridized carbons (Fsp3) is 0.721.